The highest BCUT2D eigenvalue weighted by molar-refractivity contribution is 5.81. The zero-order valence-electron chi connectivity index (χ0n) is 17.2. The van der Waals surface area contributed by atoms with Crippen LogP contribution in [0.2, 0.25) is 0 Å². The Morgan fingerprint density at radius 1 is 1.07 bits per heavy atom. The van der Waals surface area contributed by atoms with Crippen LogP contribution in [0.5, 0.6) is 5.88 Å². The lowest BCUT2D eigenvalue weighted by atomic mass is 9.78. The van der Waals surface area contributed by atoms with Gasteiger partial charge in [-0.15, -0.1) is 0 Å². The number of ether oxygens (including phenoxy) is 1. The van der Waals surface area contributed by atoms with Crippen molar-refractivity contribution in [3.05, 3.63) is 70.8 Å². The predicted molar refractivity (Wildman–Crippen MR) is 115 cm³/mol. The normalized spacial score (nSPS) is 12.7. The Kier molecular flexibility index (Phi) is 6.15. The molecule has 1 unspecified atom stereocenters. The van der Waals surface area contributed by atoms with Gasteiger partial charge in [0.2, 0.25) is 5.88 Å². The van der Waals surface area contributed by atoms with Gasteiger partial charge in [-0.25, -0.2) is 4.98 Å². The first-order valence-corrected chi connectivity index (χ1v) is 9.87. The fourth-order valence-corrected chi connectivity index (χ4v) is 3.68. The highest BCUT2D eigenvalue weighted by Gasteiger charge is 2.27. The number of nitriles is 2. The SMILES string of the molecule is CCc1cc2ccc(C(C)(C#N)Cc3cccc(CCC#N)c3)cc2nc1OC. The molecular weight excluding hydrogens is 358 g/mol. The Balaban J connectivity index is 1.97. The van der Waals surface area contributed by atoms with Crippen LogP contribution in [0.4, 0.5) is 0 Å². The fourth-order valence-electron chi connectivity index (χ4n) is 3.68. The van der Waals surface area contributed by atoms with Crippen molar-refractivity contribution in [1.29, 1.82) is 10.5 Å². The lowest BCUT2D eigenvalue weighted by Gasteiger charge is -2.23. The van der Waals surface area contributed by atoms with Gasteiger partial charge in [0.05, 0.1) is 30.2 Å². The van der Waals surface area contributed by atoms with Crippen molar-refractivity contribution < 1.29 is 4.74 Å². The first-order valence-electron chi connectivity index (χ1n) is 9.87. The molecule has 1 atom stereocenters. The summed E-state index contributed by atoms with van der Waals surface area (Å²) in [4.78, 5) is 4.67. The average Bonchev–Trinajstić information content (AvgIpc) is 2.76. The number of nitrogens with zero attached hydrogens (tertiary/aromatic N) is 3. The van der Waals surface area contributed by atoms with E-state index in [9.17, 15) is 5.26 Å². The van der Waals surface area contributed by atoms with Crippen LogP contribution in [-0.4, -0.2) is 12.1 Å². The first-order chi connectivity index (χ1) is 14.0. The lowest BCUT2D eigenvalue weighted by molar-refractivity contribution is 0.395. The number of aryl methyl sites for hydroxylation is 2. The molecule has 3 rings (SSSR count). The Bertz CT molecular complexity index is 1110. The van der Waals surface area contributed by atoms with Crippen molar-refractivity contribution in [2.45, 2.75) is 44.9 Å². The third kappa shape index (κ3) is 4.39. The summed E-state index contributed by atoms with van der Waals surface area (Å²) in [6.45, 7) is 4.05. The monoisotopic (exact) mass is 383 g/mol. The van der Waals surface area contributed by atoms with Crippen LogP contribution in [0.15, 0.2) is 48.5 Å². The molecule has 0 N–H and O–H groups in total. The number of aromatic nitrogens is 1. The number of benzene rings is 2. The quantitative estimate of drug-likeness (QED) is 0.556. The summed E-state index contributed by atoms with van der Waals surface area (Å²) in [7, 11) is 1.63. The van der Waals surface area contributed by atoms with Gasteiger partial charge in [0.15, 0.2) is 0 Å². The van der Waals surface area contributed by atoms with Crippen molar-refractivity contribution >= 4 is 10.9 Å². The summed E-state index contributed by atoms with van der Waals surface area (Å²) in [5, 5.41) is 19.9. The lowest BCUT2D eigenvalue weighted by Crippen LogP contribution is -2.23. The first kappa shape index (κ1) is 20.4. The van der Waals surface area contributed by atoms with E-state index in [4.69, 9.17) is 10.00 Å². The molecule has 4 nitrogen and oxygen atoms in total. The number of hydrogen-bond donors (Lipinski definition) is 0. The molecule has 0 fully saturated rings. The molecule has 0 amide bonds. The second kappa shape index (κ2) is 8.76. The van der Waals surface area contributed by atoms with Gasteiger partial charge in [-0.3, -0.25) is 0 Å². The molecule has 0 aliphatic carbocycles. The van der Waals surface area contributed by atoms with Crippen LogP contribution >= 0.6 is 0 Å². The van der Waals surface area contributed by atoms with Crippen molar-refractivity contribution in [2.75, 3.05) is 7.11 Å². The summed E-state index contributed by atoms with van der Waals surface area (Å²) in [5.41, 5.74) is 4.39. The van der Waals surface area contributed by atoms with E-state index in [1.54, 1.807) is 7.11 Å². The Morgan fingerprint density at radius 3 is 2.55 bits per heavy atom. The summed E-state index contributed by atoms with van der Waals surface area (Å²) in [6, 6.07) is 21.0. The zero-order chi connectivity index (χ0) is 20.9. The van der Waals surface area contributed by atoms with Gasteiger partial charge in [-0.1, -0.05) is 43.3 Å². The van der Waals surface area contributed by atoms with Crippen molar-refractivity contribution in [2.24, 2.45) is 0 Å². The standard InChI is InChI=1S/C25H25N3O/c1-4-20-14-21-10-11-22(15-23(21)28-24(20)29-3)25(2,17-27)16-19-8-5-7-18(13-19)9-6-12-26/h5,7-8,10-11,13-15H,4,6,9,16H2,1-3H3. The molecular formula is C25H25N3O. The van der Waals surface area contributed by atoms with Crippen LogP contribution in [0.3, 0.4) is 0 Å². The van der Waals surface area contributed by atoms with E-state index >= 15 is 0 Å². The smallest absolute Gasteiger partial charge is 0.216 e. The number of fused-ring (bicyclic) bond motifs is 1. The summed E-state index contributed by atoms with van der Waals surface area (Å²) in [5.74, 6) is 0.640. The van der Waals surface area contributed by atoms with E-state index in [1.807, 2.05) is 43.3 Å². The molecule has 29 heavy (non-hydrogen) atoms. The van der Waals surface area contributed by atoms with E-state index in [-0.39, 0.29) is 0 Å². The van der Waals surface area contributed by atoms with Gasteiger partial charge < -0.3 is 4.74 Å². The van der Waals surface area contributed by atoms with Crippen LogP contribution in [-0.2, 0) is 24.7 Å². The summed E-state index contributed by atoms with van der Waals surface area (Å²) < 4.78 is 5.44. The van der Waals surface area contributed by atoms with Crippen LogP contribution in [0.1, 0.15) is 42.5 Å². The summed E-state index contributed by atoms with van der Waals surface area (Å²) >= 11 is 0. The third-order valence-corrected chi connectivity index (χ3v) is 5.39. The maximum Gasteiger partial charge on any atom is 0.216 e. The second-order valence-electron chi connectivity index (χ2n) is 7.52. The second-order valence-corrected chi connectivity index (χ2v) is 7.52. The molecule has 0 aliphatic heterocycles. The minimum absolute atomic E-state index is 0.497. The minimum atomic E-state index is -0.680. The highest BCUT2D eigenvalue weighted by atomic mass is 16.5. The molecule has 1 aromatic heterocycles. The van der Waals surface area contributed by atoms with E-state index in [0.717, 1.165) is 46.0 Å². The molecule has 0 saturated heterocycles. The maximum atomic E-state index is 10.0. The van der Waals surface area contributed by atoms with Crippen LogP contribution < -0.4 is 4.74 Å². The number of rotatable bonds is 7. The number of pyridine rings is 1. The highest BCUT2D eigenvalue weighted by Crippen LogP contribution is 2.31. The number of methoxy groups -OCH3 is 1. The van der Waals surface area contributed by atoms with E-state index < -0.39 is 5.41 Å². The van der Waals surface area contributed by atoms with Crippen molar-refractivity contribution in [3.63, 3.8) is 0 Å². The van der Waals surface area contributed by atoms with Crippen molar-refractivity contribution in [1.82, 2.24) is 4.98 Å². The van der Waals surface area contributed by atoms with Crippen LogP contribution in [0.25, 0.3) is 10.9 Å². The molecule has 0 bridgehead atoms. The van der Waals surface area contributed by atoms with Gasteiger partial charge in [0, 0.05) is 17.4 Å². The fraction of sp³-hybridized carbons (Fsp3) is 0.320. The molecule has 3 aromatic rings. The minimum Gasteiger partial charge on any atom is -0.481 e. The topological polar surface area (TPSA) is 69.7 Å². The Hall–Kier alpha value is -3.37. The number of hydrogen-bond acceptors (Lipinski definition) is 4. The molecule has 0 radical (unpaired) electrons. The van der Waals surface area contributed by atoms with Gasteiger partial charge >= 0.3 is 0 Å². The Morgan fingerprint density at radius 2 is 1.86 bits per heavy atom. The molecule has 0 spiro atoms. The molecule has 0 aliphatic rings. The molecule has 2 aromatic carbocycles. The van der Waals surface area contributed by atoms with E-state index in [0.29, 0.717) is 18.7 Å². The molecule has 1 heterocycles. The molecule has 146 valence electrons. The average molecular weight is 383 g/mol. The zero-order valence-corrected chi connectivity index (χ0v) is 17.2. The molecule has 0 saturated carbocycles. The van der Waals surface area contributed by atoms with E-state index in [1.165, 1.54) is 0 Å². The van der Waals surface area contributed by atoms with Crippen LogP contribution in [0, 0.1) is 22.7 Å². The third-order valence-electron chi connectivity index (χ3n) is 5.39. The van der Waals surface area contributed by atoms with Gasteiger partial charge in [0.25, 0.3) is 0 Å². The predicted octanol–water partition coefficient (Wildman–Crippen LogP) is 5.29. The van der Waals surface area contributed by atoms with E-state index in [2.05, 4.69) is 36.2 Å². The van der Waals surface area contributed by atoms with Crippen molar-refractivity contribution in [3.8, 4) is 18.0 Å². The van der Waals surface area contributed by atoms with Gasteiger partial charge in [-0.2, -0.15) is 10.5 Å². The molecule has 4 heteroatoms. The maximum absolute atomic E-state index is 10.0. The van der Waals surface area contributed by atoms with Gasteiger partial charge in [0.1, 0.15) is 0 Å². The van der Waals surface area contributed by atoms with Gasteiger partial charge in [-0.05, 0) is 55.0 Å². The summed E-state index contributed by atoms with van der Waals surface area (Å²) in [6.07, 6.45) is 2.68. The largest absolute Gasteiger partial charge is 0.481 e. The Labute approximate surface area is 172 Å².